The van der Waals surface area contributed by atoms with Crippen LogP contribution in [0.2, 0.25) is 0 Å². The SMILES string of the molecule is COc1cc(OC)c(F)c(N2Cc3cnc(-c4cnn(C5(CC#N)CN(C(=O)OC(C)(C)C)C5)c4)cc3C3(CC3)C2=O)c1F. The summed E-state index contributed by atoms with van der Waals surface area (Å²) in [6.45, 7) is 5.83. The molecule has 2 aromatic heterocycles. The number of likely N-dealkylation sites (tertiary alicyclic amines) is 1. The Morgan fingerprint density at radius 3 is 2.32 bits per heavy atom. The lowest BCUT2D eigenvalue weighted by Crippen LogP contribution is -2.64. The molecule has 0 bridgehead atoms. The Labute approximate surface area is 252 Å². The van der Waals surface area contributed by atoms with Crippen LogP contribution in [0, 0.1) is 23.0 Å². The summed E-state index contributed by atoms with van der Waals surface area (Å²) in [7, 11) is 2.51. The maximum absolute atomic E-state index is 15.4. The van der Waals surface area contributed by atoms with Gasteiger partial charge < -0.3 is 24.0 Å². The number of amides is 2. The van der Waals surface area contributed by atoms with E-state index in [0.717, 1.165) is 16.5 Å². The molecule has 0 atom stereocenters. The van der Waals surface area contributed by atoms with Crippen molar-refractivity contribution in [3.63, 3.8) is 0 Å². The molecular formula is C31H32F2N6O5. The van der Waals surface area contributed by atoms with Crippen molar-refractivity contribution in [2.45, 2.75) is 63.1 Å². The van der Waals surface area contributed by atoms with Gasteiger partial charge in [-0.15, -0.1) is 0 Å². The molecule has 1 saturated carbocycles. The van der Waals surface area contributed by atoms with Crippen molar-refractivity contribution in [2.24, 2.45) is 0 Å². The molecule has 2 fully saturated rings. The zero-order chi connectivity index (χ0) is 31.6. The van der Waals surface area contributed by atoms with Crippen LogP contribution in [0.15, 0.2) is 30.7 Å². The Bertz CT molecular complexity index is 1690. The van der Waals surface area contributed by atoms with Crippen LogP contribution in [-0.4, -0.2) is 64.6 Å². The van der Waals surface area contributed by atoms with Crippen LogP contribution in [0.5, 0.6) is 11.5 Å². The van der Waals surface area contributed by atoms with Crippen LogP contribution in [-0.2, 0) is 27.0 Å². The highest BCUT2D eigenvalue weighted by molar-refractivity contribution is 6.05. The van der Waals surface area contributed by atoms with Crippen LogP contribution in [0.3, 0.4) is 0 Å². The highest BCUT2D eigenvalue weighted by atomic mass is 19.1. The monoisotopic (exact) mass is 606 g/mol. The molecule has 1 aromatic carbocycles. The average Bonchev–Trinajstić information content (AvgIpc) is 3.60. The molecule has 11 nitrogen and oxygen atoms in total. The fourth-order valence-corrected chi connectivity index (χ4v) is 6.05. The molecular weight excluding hydrogens is 574 g/mol. The minimum atomic E-state index is -0.983. The Hall–Kier alpha value is -4.73. The summed E-state index contributed by atoms with van der Waals surface area (Å²) in [5, 5.41) is 14.1. The summed E-state index contributed by atoms with van der Waals surface area (Å²) < 4.78 is 48.1. The summed E-state index contributed by atoms with van der Waals surface area (Å²) in [6, 6.07) is 5.15. The third-order valence-electron chi connectivity index (χ3n) is 8.45. The van der Waals surface area contributed by atoms with Crippen LogP contribution >= 0.6 is 0 Å². The molecule has 0 radical (unpaired) electrons. The molecule has 2 amide bonds. The van der Waals surface area contributed by atoms with Crippen molar-refractivity contribution in [2.75, 3.05) is 32.2 Å². The van der Waals surface area contributed by atoms with Crippen LogP contribution < -0.4 is 14.4 Å². The number of benzene rings is 1. The normalized spacial score (nSPS) is 17.9. The average molecular weight is 607 g/mol. The van der Waals surface area contributed by atoms with Crippen molar-refractivity contribution in [3.8, 4) is 28.8 Å². The predicted molar refractivity (Wildman–Crippen MR) is 153 cm³/mol. The van der Waals surface area contributed by atoms with Crippen molar-refractivity contribution in [1.29, 1.82) is 5.26 Å². The molecule has 6 rings (SSSR count). The number of pyridine rings is 1. The second-order valence-corrected chi connectivity index (χ2v) is 12.5. The van der Waals surface area contributed by atoms with E-state index in [1.807, 2.05) is 6.07 Å². The molecule has 0 unspecified atom stereocenters. The standard InChI is InChI=1S/C31H32F2N6O5/c1-29(2,3)44-28(41)37-16-30(17-37,8-9-34)39-15-19(13-36-39)21-10-20-18(12-35-21)14-38(27(40)31(20)6-7-31)26-24(32)22(42-4)11-23(43-5)25(26)33/h10-13,15H,6-8,14,16-17H2,1-5H3. The van der Waals surface area contributed by atoms with Gasteiger partial charge in [0.05, 0.1) is 63.6 Å². The Morgan fingerprint density at radius 2 is 1.75 bits per heavy atom. The van der Waals surface area contributed by atoms with Gasteiger partial charge in [-0.2, -0.15) is 10.4 Å². The number of aromatic nitrogens is 3. The largest absolute Gasteiger partial charge is 0.493 e. The third-order valence-corrected chi connectivity index (χ3v) is 8.45. The topological polar surface area (TPSA) is 123 Å². The summed E-state index contributed by atoms with van der Waals surface area (Å²) in [5.41, 5.74) is -0.122. The van der Waals surface area contributed by atoms with Crippen LogP contribution in [0.25, 0.3) is 11.3 Å². The number of hydrogen-bond acceptors (Lipinski definition) is 8. The van der Waals surface area contributed by atoms with Crippen molar-refractivity contribution in [3.05, 3.63) is 53.5 Å². The van der Waals surface area contributed by atoms with E-state index < -0.39 is 45.9 Å². The van der Waals surface area contributed by atoms with Crippen LogP contribution in [0.4, 0.5) is 19.3 Å². The van der Waals surface area contributed by atoms with E-state index in [2.05, 4.69) is 16.2 Å². The number of carbonyl (C=O) groups is 2. The van der Waals surface area contributed by atoms with E-state index in [9.17, 15) is 14.9 Å². The van der Waals surface area contributed by atoms with Gasteiger partial charge in [-0.05, 0) is 50.8 Å². The van der Waals surface area contributed by atoms with Gasteiger partial charge in [0.15, 0.2) is 23.1 Å². The summed E-state index contributed by atoms with van der Waals surface area (Å²) >= 11 is 0. The molecule has 13 heteroatoms. The number of fused-ring (bicyclic) bond motifs is 2. The highest BCUT2D eigenvalue weighted by Gasteiger charge is 2.57. The Morgan fingerprint density at radius 1 is 1.09 bits per heavy atom. The minimum absolute atomic E-state index is 0.0849. The smallest absolute Gasteiger partial charge is 0.410 e. The van der Waals surface area contributed by atoms with Gasteiger partial charge in [-0.25, -0.2) is 13.6 Å². The fourth-order valence-electron chi connectivity index (χ4n) is 6.05. The zero-order valence-corrected chi connectivity index (χ0v) is 25.1. The molecule has 1 spiro atoms. The van der Waals surface area contributed by atoms with Gasteiger partial charge in [0, 0.05) is 24.0 Å². The minimum Gasteiger partial charge on any atom is -0.493 e. The van der Waals surface area contributed by atoms with Gasteiger partial charge in [0.1, 0.15) is 16.8 Å². The zero-order valence-electron chi connectivity index (χ0n) is 25.1. The van der Waals surface area contributed by atoms with Gasteiger partial charge in [-0.3, -0.25) is 14.5 Å². The number of rotatable bonds is 6. The highest BCUT2D eigenvalue weighted by Crippen LogP contribution is 2.55. The Kier molecular flexibility index (Phi) is 6.79. The lowest BCUT2D eigenvalue weighted by atomic mass is 9.85. The number of hydrogen-bond donors (Lipinski definition) is 0. The molecule has 0 N–H and O–H groups in total. The van der Waals surface area contributed by atoms with E-state index in [4.69, 9.17) is 14.2 Å². The first kappa shape index (κ1) is 29.3. The lowest BCUT2D eigenvalue weighted by Gasteiger charge is -2.48. The second-order valence-electron chi connectivity index (χ2n) is 12.5. The molecule has 1 saturated heterocycles. The molecule has 2 aliphatic heterocycles. The number of nitriles is 1. The Balaban J connectivity index is 1.30. The van der Waals surface area contributed by atoms with Gasteiger partial charge >= 0.3 is 6.09 Å². The molecule has 44 heavy (non-hydrogen) atoms. The van der Waals surface area contributed by atoms with Crippen molar-refractivity contribution >= 4 is 17.7 Å². The maximum atomic E-state index is 15.4. The number of nitrogens with zero attached hydrogens (tertiary/aromatic N) is 6. The third kappa shape index (κ3) is 4.60. The number of halogens is 2. The number of anilines is 1. The predicted octanol–water partition coefficient (Wildman–Crippen LogP) is 4.68. The van der Waals surface area contributed by atoms with Gasteiger partial charge in [0.2, 0.25) is 5.91 Å². The van der Waals surface area contributed by atoms with E-state index in [1.54, 1.807) is 48.9 Å². The molecule has 230 valence electrons. The van der Waals surface area contributed by atoms with E-state index >= 15 is 8.78 Å². The first-order valence-corrected chi connectivity index (χ1v) is 14.2. The van der Waals surface area contributed by atoms with Crippen LogP contribution in [0.1, 0.15) is 51.2 Å². The van der Waals surface area contributed by atoms with E-state index in [-0.39, 0.29) is 37.6 Å². The molecule has 1 aliphatic carbocycles. The summed E-state index contributed by atoms with van der Waals surface area (Å²) in [6.07, 6.45) is 5.77. The van der Waals surface area contributed by atoms with E-state index in [0.29, 0.717) is 29.7 Å². The van der Waals surface area contributed by atoms with E-state index in [1.165, 1.54) is 14.2 Å². The molecule has 4 heterocycles. The van der Waals surface area contributed by atoms with Crippen molar-refractivity contribution < 1.29 is 32.6 Å². The fraction of sp³-hybridized carbons (Fsp3) is 0.452. The van der Waals surface area contributed by atoms with Crippen molar-refractivity contribution in [1.82, 2.24) is 19.7 Å². The lowest BCUT2D eigenvalue weighted by molar-refractivity contribution is -0.121. The molecule has 3 aromatic rings. The summed E-state index contributed by atoms with van der Waals surface area (Å²) in [4.78, 5) is 33.7. The second kappa shape index (κ2) is 10.2. The molecule has 3 aliphatic rings. The first-order chi connectivity index (χ1) is 20.9. The number of ether oxygens (including phenoxy) is 3. The first-order valence-electron chi connectivity index (χ1n) is 14.2. The summed E-state index contributed by atoms with van der Waals surface area (Å²) in [5.74, 6) is -2.84. The van der Waals surface area contributed by atoms with Gasteiger partial charge in [-0.1, -0.05) is 0 Å². The maximum Gasteiger partial charge on any atom is 0.410 e. The number of methoxy groups -OCH3 is 2. The quantitative estimate of drug-likeness (QED) is 0.397. The number of carbonyl (C=O) groups excluding carboxylic acids is 2. The van der Waals surface area contributed by atoms with Gasteiger partial charge in [0.25, 0.3) is 0 Å².